The number of carbonyl (C=O) groups is 2. The largest absolute Gasteiger partial charge is 0.481 e. The Hall–Kier alpha value is -1.90. The van der Waals surface area contributed by atoms with Crippen LogP contribution in [0.3, 0.4) is 0 Å². The second-order valence-electron chi connectivity index (χ2n) is 11.3. The SMILES string of the molecule is C[C@@H](NC(=O)c1ccc(CN)cc1)C(=O)N1CCC[C@H]1B1OC2C3C[C@@H]4C[C@@H](C34C)[C@]2(C)O1. The number of rotatable bonds is 5. The molecule has 7 nitrogen and oxygen atoms in total. The smallest absolute Gasteiger partial charge is 0.404 e. The number of fused-ring (bicyclic) bond motifs is 3. The van der Waals surface area contributed by atoms with Gasteiger partial charge in [0.15, 0.2) is 0 Å². The minimum Gasteiger partial charge on any atom is -0.404 e. The zero-order valence-electron chi connectivity index (χ0n) is 19.8. The molecule has 3 N–H and O–H groups in total. The van der Waals surface area contributed by atoms with Crippen LogP contribution in [-0.2, 0) is 20.6 Å². The number of hydrogen-bond acceptors (Lipinski definition) is 5. The molecule has 0 aromatic heterocycles. The molecule has 176 valence electrons. The highest BCUT2D eigenvalue weighted by Crippen LogP contribution is 2.78. The van der Waals surface area contributed by atoms with Crippen LogP contribution >= 0.6 is 0 Å². The predicted octanol–water partition coefficient (Wildman–Crippen LogP) is 2.13. The highest BCUT2D eigenvalue weighted by Gasteiger charge is 2.80. The summed E-state index contributed by atoms with van der Waals surface area (Å²) in [6, 6.07) is 6.53. The zero-order valence-corrected chi connectivity index (χ0v) is 19.8. The van der Waals surface area contributed by atoms with Crippen molar-refractivity contribution in [1.29, 1.82) is 0 Å². The average Bonchev–Trinajstić information content (AvgIpc) is 3.42. The predicted molar refractivity (Wildman–Crippen MR) is 124 cm³/mol. The normalized spacial score (nSPS) is 41.2. The third-order valence-corrected chi connectivity index (χ3v) is 9.83. The van der Waals surface area contributed by atoms with Gasteiger partial charge in [-0.05, 0) is 80.4 Å². The molecule has 8 atom stereocenters. The molecule has 3 aliphatic carbocycles. The standard InChI is InChI=1S/C25H34BN3O4/c1-14(28-22(30)16-8-6-15(13-27)7-9-16)23(31)29-10-4-5-20(29)26-32-21-18-11-17-12-19(24(17,18)2)25(21,3)33-26/h6-9,14,17-21H,4-5,10-13,27H2,1-3H3,(H,28,30)/t14-,17-,18?,19+,20+,21?,24?,25+/m1/s1. The van der Waals surface area contributed by atoms with Gasteiger partial charge in [0.05, 0.1) is 17.6 Å². The van der Waals surface area contributed by atoms with Crippen LogP contribution < -0.4 is 11.1 Å². The van der Waals surface area contributed by atoms with E-state index in [4.69, 9.17) is 15.0 Å². The van der Waals surface area contributed by atoms with Gasteiger partial charge in [-0.1, -0.05) is 19.1 Å². The summed E-state index contributed by atoms with van der Waals surface area (Å²) < 4.78 is 13.3. The lowest BCUT2D eigenvalue weighted by molar-refractivity contribution is -0.176. The monoisotopic (exact) mass is 451 g/mol. The lowest BCUT2D eigenvalue weighted by Crippen LogP contribution is -2.61. The molecule has 2 aliphatic heterocycles. The Morgan fingerprint density at radius 2 is 2.03 bits per heavy atom. The highest BCUT2D eigenvalue weighted by molar-refractivity contribution is 6.48. The topological polar surface area (TPSA) is 93.9 Å². The van der Waals surface area contributed by atoms with E-state index in [1.54, 1.807) is 19.1 Å². The number of nitrogens with two attached hydrogens (primary N) is 1. The molecule has 0 radical (unpaired) electrons. The number of carbonyl (C=O) groups excluding carboxylic acids is 2. The Bertz CT molecular complexity index is 988. The first-order chi connectivity index (χ1) is 15.8. The van der Waals surface area contributed by atoms with Crippen molar-refractivity contribution >= 4 is 18.9 Å². The fourth-order valence-corrected chi connectivity index (χ4v) is 7.83. The van der Waals surface area contributed by atoms with E-state index in [0.29, 0.717) is 35.9 Å². The fraction of sp³-hybridized carbons (Fsp3) is 0.680. The van der Waals surface area contributed by atoms with E-state index in [9.17, 15) is 9.59 Å². The molecular weight excluding hydrogens is 417 g/mol. The van der Waals surface area contributed by atoms with Crippen LogP contribution in [0.4, 0.5) is 0 Å². The summed E-state index contributed by atoms with van der Waals surface area (Å²) in [6.45, 7) is 7.52. The van der Waals surface area contributed by atoms with Gasteiger partial charge in [0, 0.05) is 18.7 Å². The van der Waals surface area contributed by atoms with Crippen molar-refractivity contribution in [3.63, 3.8) is 0 Å². The van der Waals surface area contributed by atoms with Gasteiger partial charge >= 0.3 is 7.12 Å². The molecule has 5 aliphatic rings. The van der Waals surface area contributed by atoms with Gasteiger partial charge in [-0.25, -0.2) is 0 Å². The number of hydrogen-bond donors (Lipinski definition) is 2. The van der Waals surface area contributed by atoms with Gasteiger partial charge in [-0.3, -0.25) is 9.59 Å². The quantitative estimate of drug-likeness (QED) is 0.670. The van der Waals surface area contributed by atoms with Crippen LogP contribution in [-0.4, -0.2) is 54.1 Å². The lowest BCUT2D eigenvalue weighted by atomic mass is 9.41. The van der Waals surface area contributed by atoms with Crippen LogP contribution in [0.1, 0.15) is 62.4 Å². The number of nitrogens with zero attached hydrogens (tertiary/aromatic N) is 1. The van der Waals surface area contributed by atoms with E-state index in [1.807, 2.05) is 17.0 Å². The van der Waals surface area contributed by atoms with Crippen molar-refractivity contribution in [1.82, 2.24) is 10.2 Å². The van der Waals surface area contributed by atoms with Gasteiger partial charge in [0.25, 0.3) is 5.91 Å². The van der Waals surface area contributed by atoms with Gasteiger partial charge in [-0.2, -0.15) is 0 Å². The summed E-state index contributed by atoms with van der Waals surface area (Å²) in [5.41, 5.74) is 7.29. The number of amides is 2. The maximum Gasteiger partial charge on any atom is 0.481 e. The van der Waals surface area contributed by atoms with Crippen molar-refractivity contribution < 1.29 is 18.9 Å². The summed E-state index contributed by atoms with van der Waals surface area (Å²) in [5.74, 6) is 1.58. The van der Waals surface area contributed by atoms with Crippen molar-refractivity contribution in [3.8, 4) is 0 Å². The number of benzene rings is 1. The molecule has 3 unspecified atom stereocenters. The van der Waals surface area contributed by atoms with Crippen molar-refractivity contribution in [3.05, 3.63) is 35.4 Å². The highest BCUT2D eigenvalue weighted by atomic mass is 16.7. The zero-order chi connectivity index (χ0) is 23.1. The first-order valence-electron chi connectivity index (χ1n) is 12.5. The summed E-state index contributed by atoms with van der Waals surface area (Å²) in [6.07, 6.45) is 4.44. The summed E-state index contributed by atoms with van der Waals surface area (Å²) in [5, 5.41) is 2.87. The van der Waals surface area contributed by atoms with Gasteiger partial charge in [0.2, 0.25) is 5.91 Å². The summed E-state index contributed by atoms with van der Waals surface area (Å²) in [4.78, 5) is 27.9. The summed E-state index contributed by atoms with van der Waals surface area (Å²) >= 11 is 0. The summed E-state index contributed by atoms with van der Waals surface area (Å²) in [7, 11) is -0.373. The maximum absolute atomic E-state index is 13.3. The van der Waals surface area contributed by atoms with E-state index in [2.05, 4.69) is 19.2 Å². The lowest BCUT2D eigenvalue weighted by Gasteiger charge is -2.64. The molecule has 3 saturated carbocycles. The van der Waals surface area contributed by atoms with E-state index < -0.39 is 6.04 Å². The Kier molecular flexibility index (Phi) is 4.78. The van der Waals surface area contributed by atoms with Crippen LogP contribution in [0, 0.1) is 23.2 Å². The van der Waals surface area contributed by atoms with Crippen LogP contribution in [0.5, 0.6) is 0 Å². The minimum atomic E-state index is -0.619. The fourth-order valence-electron chi connectivity index (χ4n) is 7.83. The average molecular weight is 451 g/mol. The number of likely N-dealkylation sites (tertiary alicyclic amines) is 1. The van der Waals surface area contributed by atoms with E-state index in [1.165, 1.54) is 12.8 Å². The minimum absolute atomic E-state index is 0.0731. The van der Waals surface area contributed by atoms with Gasteiger partial charge < -0.3 is 25.3 Å². The van der Waals surface area contributed by atoms with Crippen LogP contribution in [0.15, 0.2) is 24.3 Å². The van der Waals surface area contributed by atoms with E-state index >= 15 is 0 Å². The van der Waals surface area contributed by atoms with Gasteiger partial charge in [0.1, 0.15) is 6.04 Å². The Morgan fingerprint density at radius 3 is 2.73 bits per heavy atom. The second kappa shape index (κ2) is 7.30. The molecule has 2 amide bonds. The molecular formula is C25H34BN3O4. The first-order valence-corrected chi connectivity index (χ1v) is 12.5. The third-order valence-electron chi connectivity index (χ3n) is 9.83. The molecule has 0 spiro atoms. The first kappa shape index (κ1) is 21.6. The Balaban J connectivity index is 1.12. The molecule has 8 heteroatoms. The Labute approximate surface area is 195 Å². The maximum atomic E-state index is 13.3. The molecule has 0 bridgehead atoms. The second-order valence-corrected chi connectivity index (χ2v) is 11.3. The third kappa shape index (κ3) is 2.86. The molecule has 5 fully saturated rings. The van der Waals surface area contributed by atoms with Crippen LogP contribution in [0.2, 0.25) is 0 Å². The van der Waals surface area contributed by atoms with E-state index in [-0.39, 0.29) is 36.6 Å². The van der Waals surface area contributed by atoms with Crippen LogP contribution in [0.25, 0.3) is 0 Å². The molecule has 2 saturated heterocycles. The van der Waals surface area contributed by atoms with Crippen molar-refractivity contribution in [2.45, 2.75) is 76.7 Å². The van der Waals surface area contributed by atoms with Crippen molar-refractivity contribution in [2.24, 2.45) is 28.9 Å². The number of nitrogens with one attached hydrogen (secondary N) is 1. The van der Waals surface area contributed by atoms with Crippen molar-refractivity contribution in [2.75, 3.05) is 6.54 Å². The molecule has 2 heterocycles. The molecule has 6 rings (SSSR count). The van der Waals surface area contributed by atoms with E-state index in [0.717, 1.165) is 24.3 Å². The molecule has 33 heavy (non-hydrogen) atoms. The molecule has 1 aromatic rings. The molecule has 1 aromatic carbocycles. The van der Waals surface area contributed by atoms with Gasteiger partial charge in [-0.15, -0.1) is 0 Å². The Morgan fingerprint density at radius 1 is 1.27 bits per heavy atom.